The zero-order valence-electron chi connectivity index (χ0n) is 12.6. The number of imide groups is 1. The maximum atomic E-state index is 12.5. The van der Waals surface area contributed by atoms with E-state index < -0.39 is 21.8 Å². The van der Waals surface area contributed by atoms with Crippen LogP contribution in [0.2, 0.25) is 0 Å². The molecule has 0 fully saturated rings. The van der Waals surface area contributed by atoms with Crippen LogP contribution in [0.1, 0.15) is 13.8 Å². The van der Waals surface area contributed by atoms with Crippen LogP contribution in [0.4, 0.5) is 5.69 Å². The third-order valence-corrected chi connectivity index (χ3v) is 5.49. The molecule has 1 aliphatic heterocycles. The number of rotatable bonds is 3. The van der Waals surface area contributed by atoms with Gasteiger partial charge in [0, 0.05) is 23.5 Å². The summed E-state index contributed by atoms with van der Waals surface area (Å²) in [5.74, 6) is -0.857. The van der Waals surface area contributed by atoms with E-state index in [4.69, 9.17) is 0 Å². The van der Waals surface area contributed by atoms with Crippen molar-refractivity contribution in [1.82, 2.24) is 3.97 Å². The van der Waals surface area contributed by atoms with Crippen LogP contribution in [-0.4, -0.2) is 24.2 Å². The van der Waals surface area contributed by atoms with Crippen LogP contribution >= 0.6 is 0 Å². The van der Waals surface area contributed by atoms with Crippen molar-refractivity contribution in [1.29, 1.82) is 0 Å². The number of nitrogens with zero attached hydrogens (tertiary/aromatic N) is 2. The SMILES string of the molecule is CC1=C(C)C(=O)N(c2ccn(S(=O)(=O)c3ccccc3)c2)C1=O. The van der Waals surface area contributed by atoms with Gasteiger partial charge in [0.1, 0.15) is 0 Å². The quantitative estimate of drug-likeness (QED) is 0.806. The van der Waals surface area contributed by atoms with Crippen LogP contribution < -0.4 is 4.90 Å². The normalized spacial score (nSPS) is 15.7. The molecule has 2 aromatic rings. The summed E-state index contributed by atoms with van der Waals surface area (Å²) in [6.45, 7) is 3.15. The Kier molecular flexibility index (Phi) is 3.45. The number of benzene rings is 1. The van der Waals surface area contributed by atoms with E-state index >= 15 is 0 Å². The van der Waals surface area contributed by atoms with Gasteiger partial charge in [0.05, 0.1) is 10.6 Å². The first-order chi connectivity index (χ1) is 10.8. The first-order valence-electron chi connectivity index (χ1n) is 6.89. The van der Waals surface area contributed by atoms with Gasteiger partial charge in [-0.1, -0.05) is 18.2 Å². The summed E-state index contributed by atoms with van der Waals surface area (Å²) in [6, 6.07) is 9.37. The topological polar surface area (TPSA) is 76.5 Å². The van der Waals surface area contributed by atoms with E-state index in [9.17, 15) is 18.0 Å². The highest BCUT2D eigenvalue weighted by atomic mass is 32.2. The monoisotopic (exact) mass is 330 g/mol. The molecule has 1 aliphatic rings. The van der Waals surface area contributed by atoms with Crippen LogP contribution in [-0.2, 0) is 19.6 Å². The molecule has 0 atom stereocenters. The highest BCUT2D eigenvalue weighted by Gasteiger charge is 2.35. The van der Waals surface area contributed by atoms with Crippen LogP contribution in [0.25, 0.3) is 0 Å². The Morgan fingerprint density at radius 2 is 1.43 bits per heavy atom. The summed E-state index contributed by atoms with van der Waals surface area (Å²) >= 11 is 0. The van der Waals surface area contributed by atoms with E-state index in [0.717, 1.165) is 8.87 Å². The number of carbonyl (C=O) groups is 2. The summed E-state index contributed by atoms with van der Waals surface area (Å²) in [5, 5.41) is 0. The van der Waals surface area contributed by atoms with E-state index in [1.165, 1.54) is 30.6 Å². The van der Waals surface area contributed by atoms with E-state index in [-0.39, 0.29) is 10.6 Å². The first-order valence-corrected chi connectivity index (χ1v) is 8.33. The standard InChI is InChI=1S/C16H14N2O4S/c1-11-12(2)16(20)18(15(11)19)13-8-9-17(10-13)23(21,22)14-6-4-3-5-7-14/h3-10H,1-2H3. The van der Waals surface area contributed by atoms with Crippen LogP contribution in [0.15, 0.2) is 64.8 Å². The van der Waals surface area contributed by atoms with Gasteiger partial charge in [-0.25, -0.2) is 17.3 Å². The minimum atomic E-state index is -3.76. The largest absolute Gasteiger partial charge is 0.269 e. The van der Waals surface area contributed by atoms with Gasteiger partial charge >= 0.3 is 0 Å². The zero-order valence-corrected chi connectivity index (χ0v) is 13.4. The molecule has 6 nitrogen and oxygen atoms in total. The Bertz CT molecular complexity index is 915. The highest BCUT2D eigenvalue weighted by Crippen LogP contribution is 2.28. The first kappa shape index (κ1) is 15.2. The van der Waals surface area contributed by atoms with E-state index in [2.05, 4.69) is 0 Å². The second-order valence-electron chi connectivity index (χ2n) is 5.21. The fourth-order valence-corrected chi connectivity index (χ4v) is 3.56. The van der Waals surface area contributed by atoms with Gasteiger partial charge in [-0.15, -0.1) is 0 Å². The lowest BCUT2D eigenvalue weighted by Gasteiger charge is -2.12. The number of amides is 2. The molecule has 0 N–H and O–H groups in total. The fourth-order valence-electron chi connectivity index (χ4n) is 2.35. The van der Waals surface area contributed by atoms with Crippen molar-refractivity contribution in [2.45, 2.75) is 18.7 Å². The molecule has 2 heterocycles. The maximum absolute atomic E-state index is 12.5. The molecular weight excluding hydrogens is 316 g/mol. The molecule has 0 saturated heterocycles. The Hall–Kier alpha value is -2.67. The van der Waals surface area contributed by atoms with E-state index in [1.54, 1.807) is 32.0 Å². The van der Waals surface area contributed by atoms with Crippen molar-refractivity contribution >= 4 is 27.5 Å². The third-order valence-electron chi connectivity index (χ3n) is 3.84. The molecule has 0 spiro atoms. The van der Waals surface area contributed by atoms with Gasteiger partial charge in [-0.2, -0.15) is 0 Å². The van der Waals surface area contributed by atoms with Crippen molar-refractivity contribution in [3.63, 3.8) is 0 Å². The number of hydrogen-bond acceptors (Lipinski definition) is 4. The van der Waals surface area contributed by atoms with Crippen LogP contribution in [0.5, 0.6) is 0 Å². The molecule has 3 rings (SSSR count). The minimum absolute atomic E-state index is 0.131. The summed E-state index contributed by atoms with van der Waals surface area (Å²) in [4.78, 5) is 25.4. The molecule has 0 unspecified atom stereocenters. The summed E-state index contributed by atoms with van der Waals surface area (Å²) in [7, 11) is -3.76. The molecule has 23 heavy (non-hydrogen) atoms. The molecule has 1 aromatic heterocycles. The van der Waals surface area contributed by atoms with Crippen molar-refractivity contribution < 1.29 is 18.0 Å². The second-order valence-corrected chi connectivity index (χ2v) is 7.06. The Morgan fingerprint density at radius 3 is 2.00 bits per heavy atom. The third kappa shape index (κ3) is 2.29. The van der Waals surface area contributed by atoms with Crippen molar-refractivity contribution in [2.24, 2.45) is 0 Å². The summed E-state index contributed by atoms with van der Waals surface area (Å²) < 4.78 is 26.0. The summed E-state index contributed by atoms with van der Waals surface area (Å²) in [5.41, 5.74) is 0.970. The van der Waals surface area contributed by atoms with Gasteiger partial charge in [-0.3, -0.25) is 9.59 Å². The number of carbonyl (C=O) groups excluding carboxylic acids is 2. The number of hydrogen-bond donors (Lipinski definition) is 0. The molecule has 0 aliphatic carbocycles. The molecular formula is C16H14N2O4S. The number of aromatic nitrogens is 1. The molecule has 118 valence electrons. The average molecular weight is 330 g/mol. The van der Waals surface area contributed by atoms with Crippen molar-refractivity contribution in [3.05, 3.63) is 59.9 Å². The smallest absolute Gasteiger partial charge is 0.267 e. The predicted octanol–water partition coefficient (Wildman–Crippen LogP) is 1.93. The Balaban J connectivity index is 2.00. The Morgan fingerprint density at radius 1 is 0.870 bits per heavy atom. The van der Waals surface area contributed by atoms with Gasteiger partial charge < -0.3 is 0 Å². The highest BCUT2D eigenvalue weighted by molar-refractivity contribution is 7.90. The van der Waals surface area contributed by atoms with Gasteiger partial charge in [-0.05, 0) is 32.0 Å². The molecule has 7 heteroatoms. The molecule has 0 radical (unpaired) electrons. The lowest BCUT2D eigenvalue weighted by atomic mass is 10.2. The average Bonchev–Trinajstić information content (AvgIpc) is 3.10. The second kappa shape index (κ2) is 5.20. The lowest BCUT2D eigenvalue weighted by Crippen LogP contribution is -2.31. The van der Waals surface area contributed by atoms with E-state index in [1.807, 2.05) is 0 Å². The lowest BCUT2D eigenvalue weighted by molar-refractivity contribution is -0.120. The molecule has 1 aromatic carbocycles. The predicted molar refractivity (Wildman–Crippen MR) is 84.3 cm³/mol. The maximum Gasteiger partial charge on any atom is 0.267 e. The van der Waals surface area contributed by atoms with E-state index in [0.29, 0.717) is 11.1 Å². The fraction of sp³-hybridized carbons (Fsp3) is 0.125. The van der Waals surface area contributed by atoms with Crippen molar-refractivity contribution in [3.8, 4) is 0 Å². The van der Waals surface area contributed by atoms with Gasteiger partial charge in [0.15, 0.2) is 0 Å². The van der Waals surface area contributed by atoms with Crippen molar-refractivity contribution in [2.75, 3.05) is 4.90 Å². The minimum Gasteiger partial charge on any atom is -0.269 e. The van der Waals surface area contributed by atoms with Crippen LogP contribution in [0.3, 0.4) is 0 Å². The molecule has 2 amide bonds. The zero-order chi connectivity index (χ0) is 16.8. The number of anilines is 1. The summed E-state index contributed by atoms with van der Waals surface area (Å²) in [6.07, 6.45) is 2.59. The molecule has 0 bridgehead atoms. The van der Waals surface area contributed by atoms with Crippen LogP contribution in [0, 0.1) is 0 Å². The Labute approximate surface area is 133 Å². The van der Waals surface area contributed by atoms with Gasteiger partial charge in [0.2, 0.25) is 0 Å². The van der Waals surface area contributed by atoms with Gasteiger partial charge in [0.25, 0.3) is 21.8 Å². The molecule has 0 saturated carbocycles.